The van der Waals surface area contributed by atoms with E-state index < -0.39 is 0 Å². The first-order valence-corrected chi connectivity index (χ1v) is 10.9. The number of nitrogens with one attached hydrogen (secondary N) is 2. The minimum absolute atomic E-state index is 0.00968. The monoisotopic (exact) mass is 414 g/mol. The summed E-state index contributed by atoms with van der Waals surface area (Å²) >= 11 is 0. The zero-order chi connectivity index (χ0) is 21.8. The molecule has 7 heteroatoms. The van der Waals surface area contributed by atoms with Gasteiger partial charge in [0.2, 0.25) is 11.8 Å². The predicted molar refractivity (Wildman–Crippen MR) is 117 cm³/mol. The molecule has 2 fully saturated rings. The smallest absolute Gasteiger partial charge is 0.253 e. The van der Waals surface area contributed by atoms with Gasteiger partial charge in [-0.3, -0.25) is 19.3 Å². The third-order valence-electron chi connectivity index (χ3n) is 6.04. The Balaban J connectivity index is 1.51. The molecule has 7 nitrogen and oxygen atoms in total. The first-order valence-electron chi connectivity index (χ1n) is 10.9. The second-order valence-electron chi connectivity index (χ2n) is 9.05. The number of carbonyl (C=O) groups is 3. The van der Waals surface area contributed by atoms with E-state index in [1.807, 2.05) is 37.9 Å². The van der Waals surface area contributed by atoms with Crippen molar-refractivity contribution < 1.29 is 14.4 Å². The second-order valence-corrected chi connectivity index (χ2v) is 9.05. The van der Waals surface area contributed by atoms with Crippen LogP contribution in [-0.4, -0.2) is 66.3 Å². The Labute approximate surface area is 179 Å². The van der Waals surface area contributed by atoms with E-state index in [1.165, 1.54) is 0 Å². The van der Waals surface area contributed by atoms with E-state index in [4.69, 9.17) is 0 Å². The first-order chi connectivity index (χ1) is 14.2. The molecule has 1 aromatic rings. The van der Waals surface area contributed by atoms with Crippen LogP contribution in [-0.2, 0) is 9.59 Å². The molecule has 1 heterocycles. The van der Waals surface area contributed by atoms with E-state index in [0.717, 1.165) is 19.3 Å². The van der Waals surface area contributed by atoms with Gasteiger partial charge >= 0.3 is 0 Å². The molecule has 164 valence electrons. The number of likely N-dealkylation sites (tertiary alicyclic amines) is 1. The lowest BCUT2D eigenvalue weighted by atomic mass is 10.0. The molecule has 1 aromatic carbocycles. The fourth-order valence-electron chi connectivity index (χ4n) is 4.07. The normalized spacial score (nSPS) is 21.6. The molecule has 0 radical (unpaired) electrons. The lowest BCUT2D eigenvalue weighted by Crippen LogP contribution is -2.48. The lowest BCUT2D eigenvalue weighted by Gasteiger charge is -2.36. The van der Waals surface area contributed by atoms with Crippen LogP contribution in [0.1, 0.15) is 50.4 Å². The zero-order valence-electron chi connectivity index (χ0n) is 18.5. The summed E-state index contributed by atoms with van der Waals surface area (Å²) < 4.78 is 0. The molecule has 1 saturated heterocycles. The number of benzene rings is 1. The minimum Gasteiger partial charge on any atom is -0.353 e. The van der Waals surface area contributed by atoms with Gasteiger partial charge in [-0.05, 0) is 64.3 Å². The number of anilines is 1. The molecule has 30 heavy (non-hydrogen) atoms. The van der Waals surface area contributed by atoms with Crippen molar-refractivity contribution in [2.24, 2.45) is 11.8 Å². The number of hydrogen-bond acceptors (Lipinski definition) is 4. The number of carbonyl (C=O) groups excluding carboxylic acids is 3. The summed E-state index contributed by atoms with van der Waals surface area (Å²) in [6.07, 6.45) is 2.62. The predicted octanol–water partition coefficient (Wildman–Crippen LogP) is 2.34. The maximum absolute atomic E-state index is 12.9. The van der Waals surface area contributed by atoms with Crippen LogP contribution in [0.25, 0.3) is 0 Å². The van der Waals surface area contributed by atoms with Crippen molar-refractivity contribution in [1.82, 2.24) is 15.1 Å². The number of nitrogens with zero attached hydrogens (tertiary/aromatic N) is 2. The molecule has 0 aromatic heterocycles. The molecule has 2 aliphatic rings. The molecule has 1 aliphatic heterocycles. The average Bonchev–Trinajstić information content (AvgIpc) is 3.44. The quantitative estimate of drug-likeness (QED) is 0.718. The lowest BCUT2D eigenvalue weighted by molar-refractivity contribution is -0.123. The van der Waals surface area contributed by atoms with Crippen LogP contribution in [0.2, 0.25) is 0 Å². The van der Waals surface area contributed by atoms with Gasteiger partial charge in [-0.1, -0.05) is 13.0 Å². The van der Waals surface area contributed by atoms with Crippen molar-refractivity contribution in [2.75, 3.05) is 32.0 Å². The number of likely N-dealkylation sites (N-methyl/N-ethyl adjacent to an activating group) is 1. The Morgan fingerprint density at radius 1 is 1.20 bits per heavy atom. The maximum Gasteiger partial charge on any atom is 0.253 e. The largest absolute Gasteiger partial charge is 0.353 e. The fraction of sp³-hybridized carbons (Fsp3) is 0.609. The summed E-state index contributed by atoms with van der Waals surface area (Å²) in [5.41, 5.74) is 1.27. The van der Waals surface area contributed by atoms with Crippen molar-refractivity contribution in [1.29, 1.82) is 0 Å². The standard InChI is InChI=1S/C23H34N4O3/c1-15(2)24-21(28)14-26(4)19-8-10-27(11-9-19)23(30)17-6-5-7-18(13-17)25-22(29)20-12-16(20)3/h5-7,13,15-16,19-20H,8-12,14H2,1-4H3,(H,24,28)(H,25,29)/t16-,20-/m0/s1. The van der Waals surface area contributed by atoms with Crippen LogP contribution in [0.3, 0.4) is 0 Å². The van der Waals surface area contributed by atoms with E-state index in [-0.39, 0.29) is 35.7 Å². The third-order valence-corrected chi connectivity index (χ3v) is 6.04. The van der Waals surface area contributed by atoms with Gasteiger partial charge in [0, 0.05) is 42.3 Å². The highest BCUT2D eigenvalue weighted by Crippen LogP contribution is 2.38. The molecule has 3 rings (SSSR count). The number of rotatable bonds is 7. The Morgan fingerprint density at radius 3 is 2.47 bits per heavy atom. The van der Waals surface area contributed by atoms with E-state index in [2.05, 4.69) is 22.5 Å². The first kappa shape index (κ1) is 22.3. The molecule has 2 N–H and O–H groups in total. The minimum atomic E-state index is -0.00968. The molecule has 2 atom stereocenters. The molecule has 0 unspecified atom stereocenters. The highest BCUT2D eigenvalue weighted by atomic mass is 16.2. The van der Waals surface area contributed by atoms with Crippen LogP contribution in [0.5, 0.6) is 0 Å². The zero-order valence-corrected chi connectivity index (χ0v) is 18.5. The van der Waals surface area contributed by atoms with Crippen LogP contribution >= 0.6 is 0 Å². The van der Waals surface area contributed by atoms with Crippen LogP contribution in [0.4, 0.5) is 5.69 Å². The van der Waals surface area contributed by atoms with Gasteiger partial charge in [0.05, 0.1) is 6.54 Å². The van der Waals surface area contributed by atoms with E-state index in [1.54, 1.807) is 12.1 Å². The molecule has 3 amide bonds. The van der Waals surface area contributed by atoms with Crippen molar-refractivity contribution in [3.63, 3.8) is 0 Å². The highest BCUT2D eigenvalue weighted by Gasteiger charge is 2.39. The van der Waals surface area contributed by atoms with Crippen LogP contribution < -0.4 is 10.6 Å². The molecule has 1 aliphatic carbocycles. The Hall–Kier alpha value is -2.41. The van der Waals surface area contributed by atoms with Gasteiger partial charge < -0.3 is 15.5 Å². The van der Waals surface area contributed by atoms with Gasteiger partial charge in [-0.25, -0.2) is 0 Å². The molecule has 1 saturated carbocycles. The summed E-state index contributed by atoms with van der Waals surface area (Å²) in [6, 6.07) is 7.63. The third kappa shape index (κ3) is 5.81. The van der Waals surface area contributed by atoms with Gasteiger partial charge in [-0.2, -0.15) is 0 Å². The van der Waals surface area contributed by atoms with Crippen molar-refractivity contribution in [3.05, 3.63) is 29.8 Å². The summed E-state index contributed by atoms with van der Waals surface area (Å²) in [6.45, 7) is 7.68. The summed E-state index contributed by atoms with van der Waals surface area (Å²) in [5, 5.41) is 5.85. The van der Waals surface area contributed by atoms with Crippen LogP contribution in [0, 0.1) is 11.8 Å². The van der Waals surface area contributed by atoms with Crippen LogP contribution in [0.15, 0.2) is 24.3 Å². The molecule has 0 bridgehead atoms. The van der Waals surface area contributed by atoms with Crippen molar-refractivity contribution in [2.45, 2.75) is 52.1 Å². The summed E-state index contributed by atoms with van der Waals surface area (Å²) in [4.78, 5) is 41.0. The summed E-state index contributed by atoms with van der Waals surface area (Å²) in [7, 11) is 1.97. The Morgan fingerprint density at radius 2 is 1.87 bits per heavy atom. The number of hydrogen-bond donors (Lipinski definition) is 2. The van der Waals surface area contributed by atoms with Gasteiger partial charge in [0.1, 0.15) is 0 Å². The SMILES string of the molecule is CC(C)NC(=O)CN(C)C1CCN(C(=O)c2cccc(NC(=O)[C@H]3C[C@@H]3C)c2)CC1. The Bertz CT molecular complexity index is 786. The highest BCUT2D eigenvalue weighted by molar-refractivity contribution is 5.98. The molecular formula is C23H34N4O3. The van der Waals surface area contributed by atoms with Crippen molar-refractivity contribution in [3.8, 4) is 0 Å². The second kappa shape index (κ2) is 9.60. The molecular weight excluding hydrogens is 380 g/mol. The maximum atomic E-state index is 12.9. The van der Waals surface area contributed by atoms with E-state index in [0.29, 0.717) is 36.8 Å². The molecule has 0 spiro atoms. The fourth-order valence-corrected chi connectivity index (χ4v) is 4.07. The number of amides is 3. The van der Waals surface area contributed by atoms with Gasteiger partial charge in [-0.15, -0.1) is 0 Å². The van der Waals surface area contributed by atoms with Gasteiger partial charge in [0.15, 0.2) is 0 Å². The number of piperidine rings is 1. The Kier molecular flexibility index (Phi) is 7.13. The van der Waals surface area contributed by atoms with Crippen molar-refractivity contribution >= 4 is 23.4 Å². The van der Waals surface area contributed by atoms with E-state index in [9.17, 15) is 14.4 Å². The summed E-state index contributed by atoms with van der Waals surface area (Å²) in [5.74, 6) is 0.612. The topological polar surface area (TPSA) is 81.8 Å². The van der Waals surface area contributed by atoms with Gasteiger partial charge in [0.25, 0.3) is 5.91 Å². The van der Waals surface area contributed by atoms with E-state index >= 15 is 0 Å². The average molecular weight is 415 g/mol.